The molecule has 0 N–H and O–H groups in total. The Morgan fingerprint density at radius 2 is 2.21 bits per heavy atom. The van der Waals surface area contributed by atoms with Crippen molar-refractivity contribution in [2.75, 3.05) is 20.1 Å². The van der Waals surface area contributed by atoms with Crippen molar-refractivity contribution in [3.8, 4) is 5.75 Å². The van der Waals surface area contributed by atoms with Gasteiger partial charge in [-0.2, -0.15) is 0 Å². The second kappa shape index (κ2) is 9.44. The van der Waals surface area contributed by atoms with E-state index in [1.165, 1.54) is 12.2 Å². The predicted molar refractivity (Wildman–Crippen MR) is 92.0 cm³/mol. The number of hydrogen-bond acceptors (Lipinski definition) is 5. The number of hydrogen-bond donors (Lipinski definition) is 0. The first-order valence-electron chi connectivity index (χ1n) is 7.79. The Morgan fingerprint density at radius 1 is 1.46 bits per heavy atom. The van der Waals surface area contributed by atoms with E-state index in [1.54, 1.807) is 18.0 Å². The fourth-order valence-corrected chi connectivity index (χ4v) is 3.05. The molecule has 0 aliphatic carbocycles. The zero-order valence-corrected chi connectivity index (χ0v) is 14.4. The number of carbonyl (C=O) groups excluding carboxylic acids is 2. The molecule has 7 heteroatoms. The summed E-state index contributed by atoms with van der Waals surface area (Å²) in [6, 6.07) is 7.57. The monoisotopic (exact) mass is 352 g/mol. The van der Waals surface area contributed by atoms with Crippen molar-refractivity contribution in [2.45, 2.75) is 25.4 Å². The maximum absolute atomic E-state index is 12.2. The maximum atomic E-state index is 12.2. The molecule has 0 radical (unpaired) electrons. The highest BCUT2D eigenvalue weighted by atomic mass is 32.2. The van der Waals surface area contributed by atoms with E-state index >= 15 is 0 Å². The van der Waals surface area contributed by atoms with Gasteiger partial charge in [0, 0.05) is 38.8 Å². The molecule has 1 aliphatic heterocycles. The van der Waals surface area contributed by atoms with Crippen LogP contribution in [-0.4, -0.2) is 48.2 Å². The molecule has 1 fully saturated rings. The van der Waals surface area contributed by atoms with Crippen LogP contribution in [0.2, 0.25) is 0 Å². The van der Waals surface area contributed by atoms with Gasteiger partial charge in [0.25, 0.3) is 12.4 Å². The lowest BCUT2D eigenvalue weighted by Crippen LogP contribution is -2.44. The summed E-state index contributed by atoms with van der Waals surface area (Å²) >= 11 is -0.157. The Balaban J connectivity index is 1.84. The van der Waals surface area contributed by atoms with Crippen molar-refractivity contribution in [1.82, 2.24) is 9.80 Å². The van der Waals surface area contributed by atoms with Crippen molar-refractivity contribution in [3.05, 3.63) is 42.0 Å². The van der Waals surface area contributed by atoms with E-state index in [2.05, 4.69) is 4.90 Å². The lowest BCUT2D eigenvalue weighted by atomic mass is 10.0. The second-order valence-electron chi connectivity index (χ2n) is 5.75. The molecule has 24 heavy (non-hydrogen) atoms. The van der Waals surface area contributed by atoms with Crippen molar-refractivity contribution >= 4 is 24.6 Å². The number of piperidine rings is 1. The number of likely N-dealkylation sites (N-methyl/N-ethyl adjacent to an activating group) is 1. The molecular weight excluding hydrogens is 331 g/mol. The molecule has 130 valence electrons. The number of allylic oxidation sites excluding steroid dienone is 1. The molecule has 2 rings (SSSR count). The first-order valence-corrected chi connectivity index (χ1v) is 8.43. The fourth-order valence-electron chi connectivity index (χ4n) is 2.87. The number of benzene rings is 1. The first-order chi connectivity index (χ1) is 11.6. The van der Waals surface area contributed by atoms with Crippen LogP contribution in [0, 0.1) is 0 Å². The van der Waals surface area contributed by atoms with Gasteiger partial charge in [-0.1, -0.05) is 12.1 Å². The lowest BCUT2D eigenvalue weighted by molar-refractivity contribution is -0.127. The van der Waals surface area contributed by atoms with Gasteiger partial charge in [-0.15, -0.1) is 3.89 Å². The van der Waals surface area contributed by atoms with Gasteiger partial charge < -0.3 is 9.08 Å². The topological polar surface area (TPSA) is 49.9 Å². The van der Waals surface area contributed by atoms with Crippen LogP contribution >= 0.6 is 12.4 Å². The number of rotatable bonds is 7. The van der Waals surface area contributed by atoms with Crippen LogP contribution in [0.5, 0.6) is 5.75 Å². The standard InChI is InChI=1S/C17H21FN2O3S/c1-19(17(22)6-3-11-21)15-7-9-20(10-8-15)13-14-4-2-5-16(12-14)23-24-18/h2-6,11-12,15H,7-10,13H2,1H3/b6-3-. The molecule has 1 heterocycles. The van der Waals surface area contributed by atoms with E-state index in [0.29, 0.717) is 12.0 Å². The van der Waals surface area contributed by atoms with Gasteiger partial charge >= 0.3 is 0 Å². The van der Waals surface area contributed by atoms with Gasteiger partial charge in [0.05, 0.1) is 0 Å². The summed E-state index contributed by atoms with van der Waals surface area (Å²) in [5.74, 6) is 0.358. The number of nitrogens with zero attached hydrogens (tertiary/aromatic N) is 2. The van der Waals surface area contributed by atoms with Crippen molar-refractivity contribution in [2.24, 2.45) is 0 Å². The Hall–Kier alpha value is -1.86. The van der Waals surface area contributed by atoms with Gasteiger partial charge in [0.2, 0.25) is 5.91 Å². The molecule has 0 aromatic heterocycles. The van der Waals surface area contributed by atoms with Gasteiger partial charge in [-0.25, -0.2) is 0 Å². The van der Waals surface area contributed by atoms with Crippen LogP contribution in [0.3, 0.4) is 0 Å². The lowest BCUT2D eigenvalue weighted by Gasteiger charge is -2.36. The molecule has 1 aromatic rings. The fraction of sp³-hybridized carbons (Fsp3) is 0.412. The Bertz CT molecular complexity index is 589. The second-order valence-corrected chi connectivity index (χ2v) is 6.04. The van der Waals surface area contributed by atoms with E-state index in [9.17, 15) is 13.5 Å². The molecule has 0 bridgehead atoms. The zero-order chi connectivity index (χ0) is 17.4. The minimum Gasteiger partial charge on any atom is -0.397 e. The molecule has 1 aliphatic rings. The molecule has 1 amide bonds. The highest BCUT2D eigenvalue weighted by Gasteiger charge is 2.24. The molecule has 1 aromatic carbocycles. The highest BCUT2D eigenvalue weighted by Crippen LogP contribution is 2.22. The molecular formula is C17H21FN2O3S. The maximum Gasteiger partial charge on any atom is 0.272 e. The number of aldehydes is 1. The van der Waals surface area contributed by atoms with Gasteiger partial charge in [0.15, 0.2) is 0 Å². The van der Waals surface area contributed by atoms with E-state index in [1.807, 2.05) is 18.2 Å². The predicted octanol–water partition coefficient (Wildman–Crippen LogP) is 2.78. The van der Waals surface area contributed by atoms with Gasteiger partial charge in [-0.05, 0) is 36.6 Å². The number of likely N-dealkylation sites (tertiary alicyclic amines) is 1. The normalized spacial score (nSPS) is 16.2. The third kappa shape index (κ3) is 5.35. The highest BCUT2D eigenvalue weighted by molar-refractivity contribution is 7.89. The minimum absolute atomic E-state index is 0.144. The van der Waals surface area contributed by atoms with Crippen LogP contribution in [-0.2, 0) is 16.1 Å². The SMILES string of the molecule is CN(C(=O)/C=C\C=O)C1CCN(Cc2cccc(OSF)c2)CC1. The Kier molecular flexibility index (Phi) is 7.27. The largest absolute Gasteiger partial charge is 0.397 e. The third-order valence-electron chi connectivity index (χ3n) is 4.20. The molecule has 0 saturated carbocycles. The minimum atomic E-state index is -0.157. The van der Waals surface area contributed by atoms with Crippen LogP contribution in [0.4, 0.5) is 3.89 Å². The van der Waals surface area contributed by atoms with E-state index in [-0.39, 0.29) is 24.4 Å². The summed E-state index contributed by atoms with van der Waals surface area (Å²) in [5.41, 5.74) is 1.07. The zero-order valence-electron chi connectivity index (χ0n) is 13.6. The first kappa shape index (κ1) is 18.5. The molecule has 0 unspecified atom stereocenters. The van der Waals surface area contributed by atoms with E-state index < -0.39 is 0 Å². The number of carbonyl (C=O) groups is 2. The third-order valence-corrected chi connectivity index (χ3v) is 4.46. The van der Waals surface area contributed by atoms with E-state index in [4.69, 9.17) is 4.18 Å². The van der Waals surface area contributed by atoms with Crippen molar-refractivity contribution in [1.29, 1.82) is 0 Å². The van der Waals surface area contributed by atoms with Crippen LogP contribution in [0.25, 0.3) is 0 Å². The van der Waals surface area contributed by atoms with Crippen LogP contribution in [0.15, 0.2) is 36.4 Å². The average Bonchev–Trinajstić information content (AvgIpc) is 2.60. The molecule has 1 saturated heterocycles. The van der Waals surface area contributed by atoms with Crippen LogP contribution < -0.4 is 4.18 Å². The van der Waals surface area contributed by atoms with Gasteiger partial charge in [0.1, 0.15) is 12.0 Å². The van der Waals surface area contributed by atoms with E-state index in [0.717, 1.165) is 38.0 Å². The van der Waals surface area contributed by atoms with Crippen molar-refractivity contribution < 1.29 is 17.7 Å². The number of amides is 1. The summed E-state index contributed by atoms with van der Waals surface area (Å²) in [4.78, 5) is 26.2. The summed E-state index contributed by atoms with van der Waals surface area (Å²) in [6.45, 7) is 2.52. The number of halogens is 1. The smallest absolute Gasteiger partial charge is 0.272 e. The Labute approximate surface area is 145 Å². The summed E-state index contributed by atoms with van der Waals surface area (Å²) < 4.78 is 17.0. The average molecular weight is 352 g/mol. The Morgan fingerprint density at radius 3 is 2.88 bits per heavy atom. The van der Waals surface area contributed by atoms with Crippen LogP contribution in [0.1, 0.15) is 18.4 Å². The molecule has 5 nitrogen and oxygen atoms in total. The summed E-state index contributed by atoms with van der Waals surface area (Å²) in [6.07, 6.45) is 4.89. The molecule has 0 atom stereocenters. The quantitative estimate of drug-likeness (QED) is 0.429. The van der Waals surface area contributed by atoms with Gasteiger partial charge in [-0.3, -0.25) is 14.5 Å². The van der Waals surface area contributed by atoms with Crippen molar-refractivity contribution in [3.63, 3.8) is 0 Å². The molecule has 0 spiro atoms. The summed E-state index contributed by atoms with van der Waals surface area (Å²) in [7, 11) is 1.77. The summed E-state index contributed by atoms with van der Waals surface area (Å²) in [5, 5.41) is 0.